The summed E-state index contributed by atoms with van der Waals surface area (Å²) in [4.78, 5) is 36.7. The Hall–Kier alpha value is -3.35. The third-order valence-electron chi connectivity index (χ3n) is 3.75. The van der Waals surface area contributed by atoms with Gasteiger partial charge in [0, 0.05) is 5.56 Å². The van der Waals surface area contributed by atoms with E-state index in [1.54, 1.807) is 81.4 Å². The summed E-state index contributed by atoms with van der Waals surface area (Å²) in [6.07, 6.45) is -0.880. The third kappa shape index (κ3) is 6.12. The summed E-state index contributed by atoms with van der Waals surface area (Å²) in [5.74, 6) is -1.75. The minimum atomic E-state index is -1.43. The zero-order valence-electron chi connectivity index (χ0n) is 16.0. The van der Waals surface area contributed by atoms with E-state index in [1.165, 1.54) is 0 Å². The maximum absolute atomic E-state index is 12.6. The van der Waals surface area contributed by atoms with Gasteiger partial charge in [-0.05, 0) is 38.5 Å². The summed E-state index contributed by atoms with van der Waals surface area (Å²) in [6.45, 7) is 5.02. The average Bonchev–Trinajstić information content (AvgIpc) is 2.64. The van der Waals surface area contributed by atoms with Crippen molar-refractivity contribution in [3.8, 4) is 0 Å². The van der Waals surface area contributed by atoms with E-state index in [4.69, 9.17) is 4.74 Å². The number of amides is 2. The SMILES string of the molecule is CC(C)(C)OC(=O)N[C@H](C(=O)O)[C@@H](NC(=O)c1ccccc1)c1ccccc1. The normalized spacial score (nSPS) is 13.1. The molecule has 3 N–H and O–H groups in total. The number of aliphatic carboxylic acids is 1. The van der Waals surface area contributed by atoms with Crippen LogP contribution < -0.4 is 10.6 Å². The zero-order chi connectivity index (χ0) is 20.7. The number of carboxylic acid groups (broad SMARTS) is 1. The summed E-state index contributed by atoms with van der Waals surface area (Å²) in [7, 11) is 0. The van der Waals surface area contributed by atoms with Gasteiger partial charge in [-0.25, -0.2) is 9.59 Å². The Morgan fingerprint density at radius 3 is 1.93 bits per heavy atom. The van der Waals surface area contributed by atoms with Crippen molar-refractivity contribution < 1.29 is 24.2 Å². The van der Waals surface area contributed by atoms with Gasteiger partial charge in [-0.3, -0.25) is 4.79 Å². The Bertz CT molecular complexity index is 816. The number of carboxylic acids is 1. The number of rotatable bonds is 6. The van der Waals surface area contributed by atoms with Gasteiger partial charge in [0.25, 0.3) is 5.91 Å². The number of benzene rings is 2. The van der Waals surface area contributed by atoms with Gasteiger partial charge in [0.1, 0.15) is 5.60 Å². The molecule has 7 nitrogen and oxygen atoms in total. The number of carbonyl (C=O) groups excluding carboxylic acids is 2. The molecule has 2 amide bonds. The fourth-order valence-corrected chi connectivity index (χ4v) is 2.56. The van der Waals surface area contributed by atoms with E-state index in [1.807, 2.05) is 0 Å². The lowest BCUT2D eigenvalue weighted by atomic mass is 9.98. The second-order valence-electron chi connectivity index (χ2n) is 7.19. The quantitative estimate of drug-likeness (QED) is 0.710. The van der Waals surface area contributed by atoms with Crippen molar-refractivity contribution in [1.29, 1.82) is 0 Å². The van der Waals surface area contributed by atoms with Gasteiger partial charge in [-0.1, -0.05) is 48.5 Å². The lowest BCUT2D eigenvalue weighted by Gasteiger charge is -2.28. The molecule has 2 atom stereocenters. The molecule has 7 heteroatoms. The molecular formula is C21H24N2O5. The van der Waals surface area contributed by atoms with E-state index in [9.17, 15) is 19.5 Å². The van der Waals surface area contributed by atoms with E-state index in [-0.39, 0.29) is 0 Å². The molecule has 0 radical (unpaired) electrons. The Balaban J connectivity index is 2.31. The Morgan fingerprint density at radius 2 is 1.43 bits per heavy atom. The third-order valence-corrected chi connectivity index (χ3v) is 3.75. The summed E-state index contributed by atoms with van der Waals surface area (Å²) >= 11 is 0. The largest absolute Gasteiger partial charge is 0.480 e. The Labute approximate surface area is 163 Å². The standard InChI is InChI=1S/C21H24N2O5/c1-21(2,3)28-20(27)23-17(19(25)26)16(14-10-6-4-7-11-14)22-18(24)15-12-8-5-9-13-15/h4-13,16-17H,1-3H3,(H,22,24)(H,23,27)(H,25,26)/t16-,17-/m0/s1. The van der Waals surface area contributed by atoms with Gasteiger partial charge in [0.05, 0.1) is 6.04 Å². The van der Waals surface area contributed by atoms with Crippen molar-refractivity contribution >= 4 is 18.0 Å². The van der Waals surface area contributed by atoms with Gasteiger partial charge < -0.3 is 20.5 Å². The van der Waals surface area contributed by atoms with Crippen molar-refractivity contribution in [2.24, 2.45) is 0 Å². The molecule has 0 spiro atoms. The van der Waals surface area contributed by atoms with Crippen molar-refractivity contribution in [1.82, 2.24) is 10.6 Å². The molecule has 0 aliphatic heterocycles. The predicted octanol–water partition coefficient (Wildman–Crippen LogP) is 3.14. The van der Waals surface area contributed by atoms with Crippen LogP contribution in [-0.2, 0) is 9.53 Å². The lowest BCUT2D eigenvalue weighted by molar-refractivity contribution is -0.140. The molecule has 0 fully saturated rings. The molecule has 2 aromatic rings. The maximum atomic E-state index is 12.6. The van der Waals surface area contributed by atoms with Gasteiger partial charge >= 0.3 is 12.1 Å². The zero-order valence-corrected chi connectivity index (χ0v) is 16.0. The summed E-state index contributed by atoms with van der Waals surface area (Å²) in [6, 6.07) is 14.6. The fourth-order valence-electron chi connectivity index (χ4n) is 2.56. The monoisotopic (exact) mass is 384 g/mol. The van der Waals surface area contributed by atoms with Gasteiger partial charge in [0.2, 0.25) is 0 Å². The number of hydrogen-bond donors (Lipinski definition) is 3. The van der Waals surface area contributed by atoms with Crippen LogP contribution in [0, 0.1) is 0 Å². The molecule has 148 valence electrons. The highest BCUT2D eigenvalue weighted by Gasteiger charge is 2.34. The van der Waals surface area contributed by atoms with E-state index < -0.39 is 35.7 Å². The first-order valence-corrected chi connectivity index (χ1v) is 8.80. The Morgan fingerprint density at radius 1 is 0.893 bits per heavy atom. The van der Waals surface area contributed by atoms with Crippen LogP contribution in [0.5, 0.6) is 0 Å². The summed E-state index contributed by atoms with van der Waals surface area (Å²) < 4.78 is 5.17. The molecule has 28 heavy (non-hydrogen) atoms. The molecule has 0 saturated carbocycles. The van der Waals surface area contributed by atoms with Gasteiger partial charge in [-0.2, -0.15) is 0 Å². The minimum Gasteiger partial charge on any atom is -0.480 e. The highest BCUT2D eigenvalue weighted by atomic mass is 16.6. The van der Waals surface area contributed by atoms with Crippen LogP contribution in [-0.4, -0.2) is 34.7 Å². The molecule has 0 unspecified atom stereocenters. The van der Waals surface area contributed by atoms with Crippen LogP contribution >= 0.6 is 0 Å². The molecule has 0 heterocycles. The van der Waals surface area contributed by atoms with Crippen LogP contribution in [0.4, 0.5) is 4.79 Å². The molecule has 0 aliphatic carbocycles. The van der Waals surface area contributed by atoms with Crippen LogP contribution in [0.2, 0.25) is 0 Å². The number of carbonyl (C=O) groups is 3. The van der Waals surface area contributed by atoms with Gasteiger partial charge in [0.15, 0.2) is 6.04 Å². The maximum Gasteiger partial charge on any atom is 0.408 e. The van der Waals surface area contributed by atoms with Crippen molar-refractivity contribution in [2.45, 2.75) is 38.5 Å². The summed E-state index contributed by atoms with van der Waals surface area (Å²) in [5, 5.41) is 14.8. The number of ether oxygens (including phenoxy) is 1. The van der Waals surface area contributed by atoms with Gasteiger partial charge in [-0.15, -0.1) is 0 Å². The first-order valence-electron chi connectivity index (χ1n) is 8.80. The van der Waals surface area contributed by atoms with E-state index in [2.05, 4.69) is 10.6 Å². The molecular weight excluding hydrogens is 360 g/mol. The number of alkyl carbamates (subject to hydrolysis) is 1. The van der Waals surface area contributed by atoms with Crippen molar-refractivity contribution in [3.63, 3.8) is 0 Å². The molecule has 0 aliphatic rings. The van der Waals surface area contributed by atoms with E-state index >= 15 is 0 Å². The van der Waals surface area contributed by atoms with E-state index in [0.29, 0.717) is 11.1 Å². The van der Waals surface area contributed by atoms with Crippen LogP contribution in [0.1, 0.15) is 42.7 Å². The number of nitrogens with one attached hydrogen (secondary N) is 2. The molecule has 2 aromatic carbocycles. The first-order chi connectivity index (χ1) is 13.2. The van der Waals surface area contributed by atoms with E-state index in [0.717, 1.165) is 0 Å². The topological polar surface area (TPSA) is 105 Å². The molecule has 2 rings (SSSR count). The highest BCUT2D eigenvalue weighted by molar-refractivity contribution is 5.95. The lowest BCUT2D eigenvalue weighted by Crippen LogP contribution is -2.51. The molecule has 0 saturated heterocycles. The van der Waals surface area contributed by atoms with Crippen molar-refractivity contribution in [3.05, 3.63) is 71.8 Å². The second kappa shape index (κ2) is 9.03. The molecule has 0 aromatic heterocycles. The Kier molecular flexibility index (Phi) is 6.76. The predicted molar refractivity (Wildman–Crippen MR) is 104 cm³/mol. The highest BCUT2D eigenvalue weighted by Crippen LogP contribution is 2.19. The minimum absolute atomic E-state index is 0.379. The van der Waals surface area contributed by atoms with Crippen LogP contribution in [0.15, 0.2) is 60.7 Å². The van der Waals surface area contributed by atoms with Crippen LogP contribution in [0.3, 0.4) is 0 Å². The molecule has 0 bridgehead atoms. The van der Waals surface area contributed by atoms with Crippen molar-refractivity contribution in [2.75, 3.05) is 0 Å². The summed E-state index contributed by atoms with van der Waals surface area (Å²) in [5.41, 5.74) is 0.128. The second-order valence-corrected chi connectivity index (χ2v) is 7.19. The average molecular weight is 384 g/mol. The first kappa shape index (κ1) is 21.0. The van der Waals surface area contributed by atoms with Crippen LogP contribution in [0.25, 0.3) is 0 Å². The number of hydrogen-bond acceptors (Lipinski definition) is 4. The fraction of sp³-hybridized carbons (Fsp3) is 0.286. The smallest absolute Gasteiger partial charge is 0.408 e.